The SMILES string of the molecule is O=C(Cn1ccc2ccccc2c1=O)N1C[C@@H]2[C@@H]3CC[C@@H](C3)[C@@H]2C1. The van der Waals surface area contributed by atoms with Gasteiger partial charge < -0.3 is 9.47 Å². The van der Waals surface area contributed by atoms with Crippen molar-refractivity contribution in [3.8, 4) is 0 Å². The molecule has 1 aliphatic heterocycles. The maximum atomic E-state index is 12.7. The zero-order valence-electron chi connectivity index (χ0n) is 13.7. The highest BCUT2D eigenvalue weighted by atomic mass is 16.2. The molecule has 2 heterocycles. The number of carbonyl (C=O) groups excluding carboxylic acids is 1. The topological polar surface area (TPSA) is 42.3 Å². The average Bonchev–Trinajstić information content (AvgIpc) is 3.30. The number of nitrogens with zero attached hydrogens (tertiary/aromatic N) is 2. The van der Waals surface area contributed by atoms with E-state index in [0.29, 0.717) is 5.39 Å². The zero-order valence-corrected chi connectivity index (χ0v) is 13.7. The molecule has 4 nitrogen and oxygen atoms in total. The lowest BCUT2D eigenvalue weighted by atomic mass is 9.82. The summed E-state index contributed by atoms with van der Waals surface area (Å²) < 4.78 is 1.56. The molecule has 24 heavy (non-hydrogen) atoms. The monoisotopic (exact) mass is 322 g/mol. The third-order valence-electron chi connectivity index (χ3n) is 6.68. The van der Waals surface area contributed by atoms with Gasteiger partial charge in [-0.15, -0.1) is 0 Å². The quantitative estimate of drug-likeness (QED) is 0.852. The van der Waals surface area contributed by atoms with Crippen molar-refractivity contribution in [2.24, 2.45) is 23.7 Å². The molecule has 0 spiro atoms. The number of hydrogen-bond donors (Lipinski definition) is 0. The van der Waals surface area contributed by atoms with Gasteiger partial charge in [0.2, 0.25) is 5.91 Å². The van der Waals surface area contributed by atoms with Crippen LogP contribution in [0.4, 0.5) is 0 Å². The van der Waals surface area contributed by atoms with Crippen LogP contribution in [0.1, 0.15) is 19.3 Å². The summed E-state index contributed by atoms with van der Waals surface area (Å²) in [5.74, 6) is 3.24. The van der Waals surface area contributed by atoms with Gasteiger partial charge in [-0.3, -0.25) is 9.59 Å². The van der Waals surface area contributed by atoms with Gasteiger partial charge >= 0.3 is 0 Å². The Balaban J connectivity index is 1.36. The molecule has 2 saturated carbocycles. The number of benzene rings is 1. The van der Waals surface area contributed by atoms with E-state index < -0.39 is 0 Å². The van der Waals surface area contributed by atoms with Crippen molar-refractivity contribution in [3.05, 3.63) is 46.9 Å². The van der Waals surface area contributed by atoms with E-state index in [-0.39, 0.29) is 18.0 Å². The van der Waals surface area contributed by atoms with E-state index >= 15 is 0 Å². The molecular weight excluding hydrogens is 300 g/mol. The standard InChI is InChI=1S/C20H22N2O2/c23-19(22-10-17-14-5-6-15(9-14)18(17)11-22)12-21-8-7-13-3-1-2-4-16(13)20(21)24/h1-4,7-8,14-15,17-18H,5-6,9-12H2/t14-,15+,17-,18+. The van der Waals surface area contributed by atoms with Gasteiger partial charge in [-0.25, -0.2) is 0 Å². The minimum atomic E-state index is -0.0686. The molecule has 2 aromatic rings. The van der Waals surface area contributed by atoms with Crippen LogP contribution in [-0.4, -0.2) is 28.5 Å². The summed E-state index contributed by atoms with van der Waals surface area (Å²) in [6, 6.07) is 9.47. The van der Waals surface area contributed by atoms with E-state index in [4.69, 9.17) is 0 Å². The van der Waals surface area contributed by atoms with Crippen LogP contribution in [0.15, 0.2) is 41.3 Å². The van der Waals surface area contributed by atoms with Crippen LogP contribution >= 0.6 is 0 Å². The number of rotatable bonds is 2. The van der Waals surface area contributed by atoms with E-state index in [1.807, 2.05) is 35.2 Å². The number of amides is 1. The zero-order chi connectivity index (χ0) is 16.3. The summed E-state index contributed by atoms with van der Waals surface area (Å²) in [6.45, 7) is 1.98. The molecule has 1 amide bonds. The van der Waals surface area contributed by atoms with Gasteiger partial charge in [-0.2, -0.15) is 0 Å². The summed E-state index contributed by atoms with van der Waals surface area (Å²) in [7, 11) is 0. The minimum absolute atomic E-state index is 0.0686. The molecule has 4 heteroatoms. The molecule has 4 atom stereocenters. The molecule has 124 valence electrons. The number of carbonyl (C=O) groups is 1. The van der Waals surface area contributed by atoms with Gasteiger partial charge in [-0.1, -0.05) is 18.2 Å². The van der Waals surface area contributed by atoms with Crippen molar-refractivity contribution < 1.29 is 4.79 Å². The molecule has 0 unspecified atom stereocenters. The average molecular weight is 322 g/mol. The first kappa shape index (κ1) is 14.3. The highest BCUT2D eigenvalue weighted by Gasteiger charge is 2.52. The Morgan fingerprint density at radius 1 is 1.04 bits per heavy atom. The molecule has 0 radical (unpaired) electrons. The summed E-state index contributed by atoms with van der Waals surface area (Å²) in [5, 5.41) is 1.61. The number of hydrogen-bond acceptors (Lipinski definition) is 2. The molecule has 3 aliphatic rings. The number of fused-ring (bicyclic) bond motifs is 6. The van der Waals surface area contributed by atoms with Gasteiger partial charge in [0.1, 0.15) is 6.54 Å². The van der Waals surface area contributed by atoms with Crippen molar-refractivity contribution >= 4 is 16.7 Å². The Morgan fingerprint density at radius 3 is 2.50 bits per heavy atom. The third kappa shape index (κ3) is 2.05. The van der Waals surface area contributed by atoms with E-state index in [9.17, 15) is 9.59 Å². The molecule has 0 N–H and O–H groups in total. The summed E-state index contributed by atoms with van der Waals surface area (Å²) in [4.78, 5) is 27.3. The van der Waals surface area contributed by atoms with Crippen molar-refractivity contribution in [1.82, 2.24) is 9.47 Å². The number of pyridine rings is 1. The second kappa shape index (κ2) is 5.20. The van der Waals surface area contributed by atoms with Crippen LogP contribution in [0.2, 0.25) is 0 Å². The Hall–Kier alpha value is -2.10. The van der Waals surface area contributed by atoms with Gasteiger partial charge in [0.05, 0.1) is 0 Å². The second-order valence-corrected chi connectivity index (χ2v) is 7.80. The minimum Gasteiger partial charge on any atom is -0.341 e. The first-order chi connectivity index (χ1) is 11.7. The Kier molecular flexibility index (Phi) is 3.09. The fourth-order valence-corrected chi connectivity index (χ4v) is 5.49. The first-order valence-corrected chi connectivity index (χ1v) is 9.06. The van der Waals surface area contributed by atoms with Gasteiger partial charge in [0.25, 0.3) is 5.56 Å². The largest absolute Gasteiger partial charge is 0.341 e. The van der Waals surface area contributed by atoms with Crippen LogP contribution in [0.25, 0.3) is 10.8 Å². The van der Waals surface area contributed by atoms with Gasteiger partial charge in [0, 0.05) is 24.7 Å². The fraction of sp³-hybridized carbons (Fsp3) is 0.500. The maximum Gasteiger partial charge on any atom is 0.258 e. The highest BCUT2D eigenvalue weighted by molar-refractivity contribution is 5.82. The first-order valence-electron chi connectivity index (χ1n) is 9.06. The Morgan fingerprint density at radius 2 is 1.75 bits per heavy atom. The van der Waals surface area contributed by atoms with Crippen LogP contribution in [-0.2, 0) is 11.3 Å². The molecule has 5 rings (SSSR count). The van der Waals surface area contributed by atoms with Crippen LogP contribution in [0.3, 0.4) is 0 Å². The number of likely N-dealkylation sites (tertiary alicyclic amines) is 1. The predicted octanol–water partition coefficient (Wildman–Crippen LogP) is 2.51. The van der Waals surface area contributed by atoms with Crippen LogP contribution < -0.4 is 5.56 Å². The van der Waals surface area contributed by atoms with Crippen molar-refractivity contribution in [2.45, 2.75) is 25.8 Å². The lowest BCUT2D eigenvalue weighted by molar-refractivity contribution is -0.131. The maximum absolute atomic E-state index is 12.7. The molecule has 1 saturated heterocycles. The summed E-state index contributed by atoms with van der Waals surface area (Å²) in [6.07, 6.45) is 5.86. The van der Waals surface area contributed by atoms with Crippen molar-refractivity contribution in [2.75, 3.05) is 13.1 Å². The molecule has 2 bridgehead atoms. The summed E-state index contributed by atoms with van der Waals surface area (Å²) in [5.41, 5.74) is -0.0686. The highest BCUT2D eigenvalue weighted by Crippen LogP contribution is 2.55. The molecule has 2 aliphatic carbocycles. The lowest BCUT2D eigenvalue weighted by Gasteiger charge is -2.22. The Labute approximate surface area is 141 Å². The predicted molar refractivity (Wildman–Crippen MR) is 92.6 cm³/mol. The van der Waals surface area contributed by atoms with Gasteiger partial charge in [-0.05, 0) is 60.5 Å². The molecule has 3 fully saturated rings. The fourth-order valence-electron chi connectivity index (χ4n) is 5.49. The third-order valence-corrected chi connectivity index (χ3v) is 6.68. The van der Waals surface area contributed by atoms with Crippen LogP contribution in [0.5, 0.6) is 0 Å². The Bertz CT molecular complexity index is 853. The van der Waals surface area contributed by atoms with Gasteiger partial charge in [0.15, 0.2) is 0 Å². The van der Waals surface area contributed by atoms with E-state index in [2.05, 4.69) is 0 Å². The molecule has 1 aromatic heterocycles. The second-order valence-electron chi connectivity index (χ2n) is 7.80. The molecule has 1 aromatic carbocycles. The smallest absolute Gasteiger partial charge is 0.258 e. The van der Waals surface area contributed by atoms with E-state index in [1.54, 1.807) is 10.8 Å². The van der Waals surface area contributed by atoms with Crippen LogP contribution in [0, 0.1) is 23.7 Å². The summed E-state index contributed by atoms with van der Waals surface area (Å²) >= 11 is 0. The lowest BCUT2D eigenvalue weighted by Crippen LogP contribution is -2.35. The van der Waals surface area contributed by atoms with E-state index in [0.717, 1.165) is 42.1 Å². The van der Waals surface area contributed by atoms with Crippen molar-refractivity contribution in [1.29, 1.82) is 0 Å². The van der Waals surface area contributed by atoms with Crippen molar-refractivity contribution in [3.63, 3.8) is 0 Å². The van der Waals surface area contributed by atoms with E-state index in [1.165, 1.54) is 19.3 Å². The normalized spacial score (nSPS) is 30.9. The molecular formula is C20H22N2O2. The number of aromatic nitrogens is 1.